The quantitative estimate of drug-likeness (QED) is 0.504. The summed E-state index contributed by atoms with van der Waals surface area (Å²) in [6.07, 6.45) is -2.67. The molecule has 9 nitrogen and oxygen atoms in total. The summed E-state index contributed by atoms with van der Waals surface area (Å²) in [5.41, 5.74) is -1.24. The van der Waals surface area contributed by atoms with E-state index in [0.717, 1.165) is 12.1 Å². The zero-order valence-corrected chi connectivity index (χ0v) is 22.3. The molecule has 0 spiro atoms. The third kappa shape index (κ3) is 6.20. The molecule has 214 valence electrons. The van der Waals surface area contributed by atoms with Crippen LogP contribution in [-0.2, 0) is 32.5 Å². The van der Waals surface area contributed by atoms with Gasteiger partial charge in [-0.25, -0.2) is 4.39 Å². The molecule has 1 aromatic carbocycles. The van der Waals surface area contributed by atoms with Gasteiger partial charge in [-0.15, -0.1) is 0 Å². The molecule has 0 aliphatic carbocycles. The van der Waals surface area contributed by atoms with Crippen LogP contribution in [0, 0.1) is 34.9 Å². The fourth-order valence-electron chi connectivity index (χ4n) is 5.34. The molecular weight excluding hydrogens is 542 g/mol. The smallest absolute Gasteiger partial charge is 0.350 e. The molecule has 0 saturated carbocycles. The summed E-state index contributed by atoms with van der Waals surface area (Å²) in [7, 11) is -3.80. The van der Waals surface area contributed by atoms with Gasteiger partial charge in [-0.3, -0.25) is 9.59 Å². The van der Waals surface area contributed by atoms with Crippen LogP contribution < -0.4 is 5.32 Å². The summed E-state index contributed by atoms with van der Waals surface area (Å²) in [6.45, 7) is 2.41. The minimum absolute atomic E-state index is 0.0206. The normalized spacial score (nSPS) is 25.2. The molecule has 1 N–H and O–H groups in total. The Morgan fingerprint density at radius 3 is 2.49 bits per heavy atom. The molecule has 4 rings (SSSR count). The lowest BCUT2D eigenvalue weighted by Gasteiger charge is -2.41. The van der Waals surface area contributed by atoms with E-state index in [1.165, 1.54) is 13.5 Å². The second-order valence-electron chi connectivity index (χ2n) is 10.4. The minimum atomic E-state index is -4.69. The van der Waals surface area contributed by atoms with E-state index in [4.69, 9.17) is 5.26 Å². The number of piperidine rings is 1. The average Bonchev–Trinajstić information content (AvgIpc) is 3.31. The van der Waals surface area contributed by atoms with Gasteiger partial charge in [0, 0.05) is 44.8 Å². The highest BCUT2D eigenvalue weighted by atomic mass is 32.2. The molecule has 1 aromatic rings. The van der Waals surface area contributed by atoms with Gasteiger partial charge in [0.05, 0.1) is 23.5 Å². The summed E-state index contributed by atoms with van der Waals surface area (Å²) in [5, 5.41) is 11.5. The molecule has 3 aliphatic heterocycles. The fourth-order valence-corrected chi connectivity index (χ4v) is 7.13. The maximum atomic E-state index is 14.2. The molecule has 3 heterocycles. The lowest BCUT2D eigenvalue weighted by atomic mass is 9.97. The van der Waals surface area contributed by atoms with Crippen molar-refractivity contribution in [1.29, 1.82) is 5.26 Å². The molecule has 3 saturated heterocycles. The van der Waals surface area contributed by atoms with Gasteiger partial charge in [-0.2, -0.15) is 35.5 Å². The number of hydrogen-bond donors (Lipinski definition) is 1. The van der Waals surface area contributed by atoms with E-state index in [2.05, 4.69) is 5.32 Å². The highest BCUT2D eigenvalue weighted by molar-refractivity contribution is 7.86. The molecule has 2 amide bonds. The zero-order chi connectivity index (χ0) is 28.5. The molecule has 0 bridgehead atoms. The average molecular weight is 574 g/mol. The van der Waals surface area contributed by atoms with Gasteiger partial charge in [0.15, 0.2) is 0 Å². The number of alkyl halides is 3. The number of amides is 2. The van der Waals surface area contributed by atoms with E-state index >= 15 is 0 Å². The molecule has 3 atom stereocenters. The van der Waals surface area contributed by atoms with Crippen LogP contribution in [0.2, 0.25) is 0 Å². The van der Waals surface area contributed by atoms with E-state index in [-0.39, 0.29) is 56.0 Å². The number of halogens is 4. The highest BCUT2D eigenvalue weighted by Gasteiger charge is 2.45. The predicted molar refractivity (Wildman–Crippen MR) is 131 cm³/mol. The maximum Gasteiger partial charge on any atom is 0.416 e. The first-order chi connectivity index (χ1) is 18.3. The van der Waals surface area contributed by atoms with Gasteiger partial charge in [0.1, 0.15) is 11.9 Å². The van der Waals surface area contributed by atoms with Crippen LogP contribution in [0.15, 0.2) is 18.2 Å². The van der Waals surface area contributed by atoms with Crippen molar-refractivity contribution < 1.29 is 35.6 Å². The predicted octanol–water partition coefficient (Wildman–Crippen LogP) is 2.50. The number of likely N-dealkylation sites (tertiary alicyclic amines) is 1. The second-order valence-corrected chi connectivity index (χ2v) is 12.3. The Balaban J connectivity index is 1.41. The third-order valence-electron chi connectivity index (χ3n) is 7.80. The number of benzene rings is 1. The van der Waals surface area contributed by atoms with Gasteiger partial charge in [0.25, 0.3) is 10.2 Å². The summed E-state index contributed by atoms with van der Waals surface area (Å²) >= 11 is 0. The Labute approximate surface area is 224 Å². The van der Waals surface area contributed by atoms with E-state index in [0.29, 0.717) is 38.3 Å². The van der Waals surface area contributed by atoms with Gasteiger partial charge >= 0.3 is 6.18 Å². The molecule has 39 heavy (non-hydrogen) atoms. The van der Waals surface area contributed by atoms with E-state index < -0.39 is 45.6 Å². The fraction of sp³-hybridized carbons (Fsp3) is 0.640. The molecule has 0 radical (unpaired) electrons. The molecule has 14 heteroatoms. The van der Waals surface area contributed by atoms with Gasteiger partial charge in [-0.05, 0) is 37.3 Å². The van der Waals surface area contributed by atoms with Crippen molar-refractivity contribution in [1.82, 2.24) is 18.8 Å². The van der Waals surface area contributed by atoms with Crippen LogP contribution in [0.5, 0.6) is 0 Å². The Morgan fingerprint density at radius 1 is 1.15 bits per heavy atom. The van der Waals surface area contributed by atoms with Gasteiger partial charge < -0.3 is 10.2 Å². The number of carbonyl (C=O) groups is 2. The van der Waals surface area contributed by atoms with Crippen LogP contribution in [0.25, 0.3) is 0 Å². The summed E-state index contributed by atoms with van der Waals surface area (Å²) in [5.74, 6) is -2.90. The van der Waals surface area contributed by atoms with Crippen molar-refractivity contribution in [2.45, 2.75) is 51.4 Å². The first-order valence-corrected chi connectivity index (χ1v) is 14.3. The number of nitrogens with zero attached hydrogens (tertiary/aromatic N) is 4. The number of hydrogen-bond acceptors (Lipinski definition) is 5. The molecule has 3 fully saturated rings. The monoisotopic (exact) mass is 573 g/mol. The largest absolute Gasteiger partial charge is 0.416 e. The van der Waals surface area contributed by atoms with Crippen LogP contribution in [0.4, 0.5) is 17.6 Å². The lowest BCUT2D eigenvalue weighted by Crippen LogP contribution is -2.57. The highest BCUT2D eigenvalue weighted by Crippen LogP contribution is 2.32. The van der Waals surface area contributed by atoms with Crippen molar-refractivity contribution in [3.8, 4) is 6.07 Å². The molecule has 0 aromatic heterocycles. The van der Waals surface area contributed by atoms with E-state index in [1.54, 1.807) is 0 Å². The van der Waals surface area contributed by atoms with Gasteiger partial charge in [-0.1, -0.05) is 19.4 Å². The van der Waals surface area contributed by atoms with Crippen molar-refractivity contribution in [2.24, 2.45) is 17.8 Å². The molecule has 0 unspecified atom stereocenters. The van der Waals surface area contributed by atoms with Crippen LogP contribution in [0.3, 0.4) is 0 Å². The van der Waals surface area contributed by atoms with Crippen molar-refractivity contribution in [2.75, 3.05) is 32.7 Å². The number of nitrogens with one attached hydrogen (secondary N) is 1. The SMILES string of the molecule is CC[C@@H]1C[C@H](C(=O)NCc2ccc(C(F)(F)F)cc2F)N(C(=O)[C@H]2CCCN(S(=O)(=O)N3CC(C#N)C3)C2)C1. The molecule has 3 aliphatic rings. The van der Waals surface area contributed by atoms with Gasteiger partial charge in [0.2, 0.25) is 11.8 Å². The Bertz CT molecular complexity index is 1250. The Kier molecular flexibility index (Phi) is 8.53. The van der Waals surface area contributed by atoms with Crippen molar-refractivity contribution >= 4 is 22.0 Å². The third-order valence-corrected chi connectivity index (χ3v) is 9.74. The van der Waals surface area contributed by atoms with Crippen LogP contribution in [0.1, 0.15) is 43.7 Å². The maximum absolute atomic E-state index is 14.2. The van der Waals surface area contributed by atoms with Crippen LogP contribution >= 0.6 is 0 Å². The van der Waals surface area contributed by atoms with E-state index in [9.17, 15) is 35.6 Å². The minimum Gasteiger partial charge on any atom is -0.350 e. The van der Waals surface area contributed by atoms with Crippen molar-refractivity contribution in [3.63, 3.8) is 0 Å². The number of nitriles is 1. The number of rotatable bonds is 7. The first-order valence-electron chi connectivity index (χ1n) is 12.9. The van der Waals surface area contributed by atoms with Crippen molar-refractivity contribution in [3.05, 3.63) is 35.1 Å². The zero-order valence-electron chi connectivity index (χ0n) is 21.5. The second kappa shape index (κ2) is 11.4. The Hall–Kier alpha value is -2.76. The summed E-state index contributed by atoms with van der Waals surface area (Å²) in [6, 6.07) is 3.28. The molecular formula is C25H31F4N5O4S. The Morgan fingerprint density at radius 2 is 1.87 bits per heavy atom. The first kappa shape index (κ1) is 29.2. The summed E-state index contributed by atoms with van der Waals surface area (Å²) in [4.78, 5) is 28.1. The summed E-state index contributed by atoms with van der Waals surface area (Å²) < 4.78 is 81.1. The number of carbonyl (C=O) groups excluding carboxylic acids is 2. The topological polar surface area (TPSA) is 114 Å². The lowest BCUT2D eigenvalue weighted by molar-refractivity contribution is -0.142. The van der Waals surface area contributed by atoms with Crippen LogP contribution in [-0.4, -0.2) is 72.5 Å². The van der Waals surface area contributed by atoms with E-state index in [1.807, 2.05) is 13.0 Å². The standard InChI is InChI=1S/C25H31F4N5O4S/c1-2-16-8-22(23(35)31-11-18-5-6-20(9-21(18)26)25(27,28)29)34(14-16)24(36)19-4-3-7-32(15-19)39(37,38)33-12-17(10-30)13-33/h5-6,9,16-17,19,22H,2-4,7-8,11-15H2,1H3,(H,31,35)/t16-,19+,22-/m1/s1.